The normalized spacial score (nSPS) is 12.8. The molecule has 1 heterocycles. The molecular formula is C17H23NO2. The predicted molar refractivity (Wildman–Crippen MR) is 80.4 cm³/mol. The smallest absolute Gasteiger partial charge is 0.117 e. The Morgan fingerprint density at radius 2 is 1.90 bits per heavy atom. The van der Waals surface area contributed by atoms with Crippen molar-refractivity contribution in [3.05, 3.63) is 59.5 Å². The number of aliphatic hydroxyl groups excluding tert-OH is 1. The molecule has 1 atom stereocenters. The maximum absolute atomic E-state index is 10.1. The first-order chi connectivity index (χ1) is 9.65. The van der Waals surface area contributed by atoms with Crippen LogP contribution in [0.2, 0.25) is 0 Å². The van der Waals surface area contributed by atoms with Crippen molar-refractivity contribution in [1.29, 1.82) is 0 Å². The summed E-state index contributed by atoms with van der Waals surface area (Å²) in [6.07, 6.45) is 2.24. The van der Waals surface area contributed by atoms with Crippen molar-refractivity contribution in [3.63, 3.8) is 0 Å². The van der Waals surface area contributed by atoms with E-state index in [4.69, 9.17) is 4.42 Å². The summed E-state index contributed by atoms with van der Waals surface area (Å²) in [5, 5.41) is 13.3. The van der Waals surface area contributed by atoms with Gasteiger partial charge in [0, 0.05) is 6.54 Å². The van der Waals surface area contributed by atoms with E-state index in [2.05, 4.69) is 31.3 Å². The van der Waals surface area contributed by atoms with Crippen LogP contribution >= 0.6 is 0 Å². The third-order valence-corrected chi connectivity index (χ3v) is 3.23. The maximum atomic E-state index is 10.1. The van der Waals surface area contributed by atoms with Gasteiger partial charge in [-0.05, 0) is 35.6 Å². The summed E-state index contributed by atoms with van der Waals surface area (Å²) in [6.45, 7) is 5.57. The Hall–Kier alpha value is -1.58. The van der Waals surface area contributed by atoms with Crippen molar-refractivity contribution in [2.45, 2.75) is 32.9 Å². The van der Waals surface area contributed by atoms with Crippen LogP contribution in [0.15, 0.2) is 47.1 Å². The van der Waals surface area contributed by atoms with Crippen molar-refractivity contribution in [2.24, 2.45) is 5.92 Å². The molecule has 0 saturated carbocycles. The molecule has 0 aliphatic rings. The van der Waals surface area contributed by atoms with Gasteiger partial charge in [-0.15, -0.1) is 0 Å². The average Bonchev–Trinajstić information content (AvgIpc) is 2.92. The molecule has 0 saturated heterocycles. The number of nitrogens with one attached hydrogen (secondary N) is 1. The van der Waals surface area contributed by atoms with Gasteiger partial charge < -0.3 is 14.8 Å². The number of hydrogen-bond acceptors (Lipinski definition) is 3. The van der Waals surface area contributed by atoms with Gasteiger partial charge in [-0.25, -0.2) is 0 Å². The van der Waals surface area contributed by atoms with Crippen molar-refractivity contribution in [3.8, 4) is 0 Å². The zero-order chi connectivity index (χ0) is 14.4. The molecule has 0 amide bonds. The van der Waals surface area contributed by atoms with Gasteiger partial charge in [0.2, 0.25) is 0 Å². The molecule has 0 bridgehead atoms. The lowest BCUT2D eigenvalue weighted by molar-refractivity contribution is 0.173. The summed E-state index contributed by atoms with van der Waals surface area (Å²) in [7, 11) is 0. The zero-order valence-corrected chi connectivity index (χ0v) is 12.2. The van der Waals surface area contributed by atoms with Crippen LogP contribution in [0, 0.1) is 5.92 Å². The van der Waals surface area contributed by atoms with E-state index in [-0.39, 0.29) is 0 Å². The van der Waals surface area contributed by atoms with Crippen molar-refractivity contribution in [2.75, 3.05) is 6.54 Å². The Bertz CT molecular complexity index is 488. The third kappa shape index (κ3) is 4.51. The monoisotopic (exact) mass is 273 g/mol. The van der Waals surface area contributed by atoms with Crippen LogP contribution in [0.1, 0.15) is 36.8 Å². The van der Waals surface area contributed by atoms with Gasteiger partial charge in [0.15, 0.2) is 0 Å². The molecule has 2 rings (SSSR count). The second-order valence-corrected chi connectivity index (χ2v) is 5.57. The van der Waals surface area contributed by atoms with Crippen LogP contribution in [-0.2, 0) is 13.0 Å². The Morgan fingerprint density at radius 3 is 2.50 bits per heavy atom. The molecule has 1 aromatic carbocycles. The van der Waals surface area contributed by atoms with Crippen LogP contribution in [0.5, 0.6) is 0 Å². The molecule has 108 valence electrons. The Kier molecular flexibility index (Phi) is 5.39. The van der Waals surface area contributed by atoms with Crippen molar-refractivity contribution in [1.82, 2.24) is 5.32 Å². The fourth-order valence-corrected chi connectivity index (χ4v) is 2.21. The summed E-state index contributed by atoms with van der Waals surface area (Å²) in [6, 6.07) is 12.0. The molecule has 2 N–H and O–H groups in total. The van der Waals surface area contributed by atoms with Crippen LogP contribution in [0.4, 0.5) is 0 Å². The van der Waals surface area contributed by atoms with Gasteiger partial charge in [0.05, 0.1) is 18.9 Å². The number of hydrogen-bond donors (Lipinski definition) is 2. The molecule has 0 radical (unpaired) electrons. The quantitative estimate of drug-likeness (QED) is 0.813. The molecule has 0 aliphatic carbocycles. The Balaban J connectivity index is 1.81. The lowest BCUT2D eigenvalue weighted by Gasteiger charge is -2.13. The largest absolute Gasteiger partial charge is 0.468 e. The lowest BCUT2D eigenvalue weighted by Crippen LogP contribution is -2.20. The molecule has 1 unspecified atom stereocenters. The highest BCUT2D eigenvalue weighted by molar-refractivity contribution is 5.24. The fourth-order valence-electron chi connectivity index (χ4n) is 2.21. The van der Waals surface area contributed by atoms with E-state index in [0.29, 0.717) is 19.0 Å². The topological polar surface area (TPSA) is 45.4 Å². The second kappa shape index (κ2) is 7.27. The van der Waals surface area contributed by atoms with Gasteiger partial charge >= 0.3 is 0 Å². The standard InChI is InChI=1S/C17H23NO2/c1-13(2)10-14-5-7-15(8-6-14)17(19)12-18-11-16-4-3-9-20-16/h3-9,13,17-19H,10-12H2,1-2H3. The Labute approximate surface area is 120 Å². The predicted octanol–water partition coefficient (Wildman–Crippen LogP) is 3.30. The number of aliphatic hydroxyl groups is 1. The van der Waals surface area contributed by atoms with E-state index in [9.17, 15) is 5.11 Å². The minimum atomic E-state index is -0.488. The number of benzene rings is 1. The van der Waals surface area contributed by atoms with E-state index in [1.54, 1.807) is 6.26 Å². The lowest BCUT2D eigenvalue weighted by atomic mass is 10.0. The molecule has 0 fully saturated rings. The Morgan fingerprint density at radius 1 is 1.15 bits per heavy atom. The van der Waals surface area contributed by atoms with Crippen LogP contribution < -0.4 is 5.32 Å². The molecule has 20 heavy (non-hydrogen) atoms. The third-order valence-electron chi connectivity index (χ3n) is 3.23. The van der Waals surface area contributed by atoms with E-state index >= 15 is 0 Å². The molecule has 3 heteroatoms. The molecular weight excluding hydrogens is 250 g/mol. The van der Waals surface area contributed by atoms with Gasteiger partial charge in [0.25, 0.3) is 0 Å². The van der Waals surface area contributed by atoms with Gasteiger partial charge in [-0.2, -0.15) is 0 Å². The average molecular weight is 273 g/mol. The first-order valence-electron chi connectivity index (χ1n) is 7.15. The zero-order valence-electron chi connectivity index (χ0n) is 12.2. The minimum Gasteiger partial charge on any atom is -0.468 e. The number of rotatable bonds is 7. The fraction of sp³-hybridized carbons (Fsp3) is 0.412. The van der Waals surface area contributed by atoms with E-state index in [0.717, 1.165) is 17.7 Å². The first kappa shape index (κ1) is 14.8. The van der Waals surface area contributed by atoms with Gasteiger partial charge in [-0.1, -0.05) is 38.1 Å². The summed E-state index contributed by atoms with van der Waals surface area (Å²) in [5.41, 5.74) is 2.27. The van der Waals surface area contributed by atoms with E-state index in [1.807, 2.05) is 24.3 Å². The van der Waals surface area contributed by atoms with Crippen LogP contribution in [-0.4, -0.2) is 11.7 Å². The minimum absolute atomic E-state index is 0.488. The maximum Gasteiger partial charge on any atom is 0.117 e. The van der Waals surface area contributed by atoms with Crippen molar-refractivity contribution >= 4 is 0 Å². The summed E-state index contributed by atoms with van der Waals surface area (Å²) >= 11 is 0. The molecule has 3 nitrogen and oxygen atoms in total. The van der Waals surface area contributed by atoms with Gasteiger partial charge in [0.1, 0.15) is 5.76 Å². The first-order valence-corrected chi connectivity index (χ1v) is 7.15. The highest BCUT2D eigenvalue weighted by Crippen LogP contribution is 2.15. The van der Waals surface area contributed by atoms with Crippen molar-refractivity contribution < 1.29 is 9.52 Å². The number of furan rings is 1. The molecule has 0 aliphatic heterocycles. The molecule has 1 aromatic heterocycles. The highest BCUT2D eigenvalue weighted by atomic mass is 16.3. The summed E-state index contributed by atoms with van der Waals surface area (Å²) < 4.78 is 5.23. The van der Waals surface area contributed by atoms with Crippen LogP contribution in [0.25, 0.3) is 0 Å². The SMILES string of the molecule is CC(C)Cc1ccc(C(O)CNCc2ccco2)cc1. The highest BCUT2D eigenvalue weighted by Gasteiger charge is 2.07. The molecule has 0 spiro atoms. The van der Waals surface area contributed by atoms with E-state index in [1.165, 1.54) is 5.56 Å². The second-order valence-electron chi connectivity index (χ2n) is 5.57. The van der Waals surface area contributed by atoms with Gasteiger partial charge in [-0.3, -0.25) is 0 Å². The van der Waals surface area contributed by atoms with E-state index < -0.39 is 6.10 Å². The molecule has 2 aromatic rings. The summed E-state index contributed by atoms with van der Waals surface area (Å²) in [5.74, 6) is 1.53. The van der Waals surface area contributed by atoms with Crippen LogP contribution in [0.3, 0.4) is 0 Å². The summed E-state index contributed by atoms with van der Waals surface area (Å²) in [4.78, 5) is 0.